The predicted octanol–water partition coefficient (Wildman–Crippen LogP) is 2.72. The van der Waals surface area contributed by atoms with Crippen LogP contribution in [-0.2, 0) is 13.0 Å². The molecule has 3 N–H and O–H groups in total. The normalized spacial score (nSPS) is 22.5. The van der Waals surface area contributed by atoms with Gasteiger partial charge in [0.1, 0.15) is 17.8 Å². The fourth-order valence-corrected chi connectivity index (χ4v) is 4.33. The number of rotatable bonds is 3. The van der Waals surface area contributed by atoms with Gasteiger partial charge in [-0.05, 0) is 30.5 Å². The third-order valence-electron chi connectivity index (χ3n) is 5.81. The van der Waals surface area contributed by atoms with Crippen LogP contribution >= 0.6 is 0 Å². The molecule has 1 aliphatic carbocycles. The molecule has 0 saturated heterocycles. The Labute approximate surface area is 160 Å². The second-order valence-electron chi connectivity index (χ2n) is 7.61. The van der Waals surface area contributed by atoms with Crippen molar-refractivity contribution in [3.05, 3.63) is 61.5 Å². The molecular formula is C20H23F2N3O3. The van der Waals surface area contributed by atoms with Gasteiger partial charge >= 0.3 is 5.69 Å². The molecule has 1 aromatic heterocycles. The largest absolute Gasteiger partial charge is 0.392 e. The Kier molecular flexibility index (Phi) is 5.05. The lowest BCUT2D eigenvalue weighted by Crippen LogP contribution is -2.44. The van der Waals surface area contributed by atoms with Gasteiger partial charge in [0.05, 0.1) is 18.2 Å². The van der Waals surface area contributed by atoms with Gasteiger partial charge in [0.15, 0.2) is 0 Å². The maximum atomic E-state index is 15.0. The van der Waals surface area contributed by atoms with Gasteiger partial charge in [-0.15, -0.1) is 0 Å². The molecule has 28 heavy (non-hydrogen) atoms. The smallest absolute Gasteiger partial charge is 0.330 e. The molecule has 0 unspecified atom stereocenters. The monoisotopic (exact) mass is 391 g/mol. The number of alkyl halides is 1. The first kappa shape index (κ1) is 18.9. The number of aromatic nitrogens is 2. The first-order valence-corrected chi connectivity index (χ1v) is 9.67. The van der Waals surface area contributed by atoms with Crippen molar-refractivity contribution in [2.75, 3.05) is 5.32 Å². The van der Waals surface area contributed by atoms with Crippen molar-refractivity contribution < 1.29 is 13.9 Å². The van der Waals surface area contributed by atoms with E-state index in [1.807, 2.05) is 0 Å². The van der Waals surface area contributed by atoms with Crippen LogP contribution in [0.15, 0.2) is 27.8 Å². The molecule has 8 heteroatoms. The van der Waals surface area contributed by atoms with E-state index in [0.29, 0.717) is 5.56 Å². The number of nitrogens with zero attached hydrogens (tertiary/aromatic N) is 1. The molecule has 2 atom stereocenters. The summed E-state index contributed by atoms with van der Waals surface area (Å²) in [6.07, 6.45) is 2.77. The molecule has 6 nitrogen and oxygen atoms in total. The minimum Gasteiger partial charge on any atom is -0.392 e. The quantitative estimate of drug-likeness (QED) is 0.751. The highest BCUT2D eigenvalue weighted by Gasteiger charge is 2.34. The maximum Gasteiger partial charge on any atom is 0.330 e. The lowest BCUT2D eigenvalue weighted by atomic mass is 9.92. The van der Waals surface area contributed by atoms with Crippen LogP contribution in [-0.4, -0.2) is 20.8 Å². The molecule has 0 bridgehead atoms. The van der Waals surface area contributed by atoms with Gasteiger partial charge in [-0.2, -0.15) is 0 Å². The van der Waals surface area contributed by atoms with Crippen molar-refractivity contribution in [1.82, 2.24) is 9.55 Å². The van der Waals surface area contributed by atoms with E-state index in [4.69, 9.17) is 0 Å². The van der Waals surface area contributed by atoms with Gasteiger partial charge in [0.2, 0.25) is 0 Å². The number of halogens is 2. The van der Waals surface area contributed by atoms with Gasteiger partial charge in [-0.3, -0.25) is 14.3 Å². The number of anilines is 1. The summed E-state index contributed by atoms with van der Waals surface area (Å²) in [5.41, 5.74) is -0.292. The summed E-state index contributed by atoms with van der Waals surface area (Å²) < 4.78 is 30.5. The van der Waals surface area contributed by atoms with Crippen LogP contribution in [0, 0.1) is 5.82 Å². The highest BCUT2D eigenvalue weighted by atomic mass is 19.1. The summed E-state index contributed by atoms with van der Waals surface area (Å²) in [6.45, 7) is -0.295. The molecule has 1 fully saturated rings. The van der Waals surface area contributed by atoms with Crippen molar-refractivity contribution in [2.24, 2.45) is 0 Å². The molecule has 1 aromatic carbocycles. The standard InChI is InChI=1S/C20H23F2N3O3/c21-15-7-6-11(10-26)8-13(15)17-16(22)9-14-18(23-17)24-20(28)25(19(14)27)12-4-2-1-3-5-12/h6-8,12,16-17,23,26H,1-5,9-10H2,(H,24,28)/t16-,17-/m0/s1. The number of hydrogen-bond donors (Lipinski definition) is 3. The summed E-state index contributed by atoms with van der Waals surface area (Å²) >= 11 is 0. The van der Waals surface area contributed by atoms with Crippen LogP contribution in [0.2, 0.25) is 0 Å². The Morgan fingerprint density at radius 3 is 2.64 bits per heavy atom. The third kappa shape index (κ3) is 3.26. The number of aromatic amines is 1. The molecule has 0 spiro atoms. The van der Waals surface area contributed by atoms with E-state index in [1.54, 1.807) is 0 Å². The lowest BCUT2D eigenvalue weighted by Gasteiger charge is -2.31. The zero-order valence-corrected chi connectivity index (χ0v) is 15.4. The molecule has 4 rings (SSSR count). The molecule has 2 heterocycles. The van der Waals surface area contributed by atoms with Crippen molar-refractivity contribution in [2.45, 2.75) is 63.4 Å². The molecule has 150 valence electrons. The van der Waals surface area contributed by atoms with E-state index < -0.39 is 29.3 Å². The van der Waals surface area contributed by atoms with Crippen molar-refractivity contribution >= 4 is 5.82 Å². The minimum atomic E-state index is -1.55. The van der Waals surface area contributed by atoms with Crippen LogP contribution in [0.3, 0.4) is 0 Å². The van der Waals surface area contributed by atoms with Crippen LogP contribution in [0.5, 0.6) is 0 Å². The zero-order chi connectivity index (χ0) is 19.8. The number of hydrogen-bond acceptors (Lipinski definition) is 4. The highest BCUT2D eigenvalue weighted by molar-refractivity contribution is 5.49. The Morgan fingerprint density at radius 2 is 1.93 bits per heavy atom. The molecule has 0 amide bonds. The molecule has 1 saturated carbocycles. The number of aliphatic hydroxyl groups excluding tert-OH is 1. The van der Waals surface area contributed by atoms with Crippen molar-refractivity contribution in [3.8, 4) is 0 Å². The van der Waals surface area contributed by atoms with E-state index in [-0.39, 0.29) is 36.0 Å². The Morgan fingerprint density at radius 1 is 1.18 bits per heavy atom. The van der Waals surface area contributed by atoms with Crippen molar-refractivity contribution in [1.29, 1.82) is 0 Å². The SMILES string of the molecule is O=c1[nH]c2c(c(=O)n1C1CCCCC1)C[C@H](F)[C@H](c1cc(CO)ccc1F)N2. The van der Waals surface area contributed by atoms with E-state index >= 15 is 0 Å². The van der Waals surface area contributed by atoms with E-state index in [1.165, 1.54) is 22.8 Å². The van der Waals surface area contributed by atoms with Crippen LogP contribution < -0.4 is 16.6 Å². The molecule has 2 aromatic rings. The van der Waals surface area contributed by atoms with Gasteiger partial charge in [-0.25, -0.2) is 13.6 Å². The molecule has 1 aliphatic heterocycles. The summed E-state index contributed by atoms with van der Waals surface area (Å²) in [7, 11) is 0. The summed E-state index contributed by atoms with van der Waals surface area (Å²) in [4.78, 5) is 28.1. The Bertz CT molecular complexity index is 995. The van der Waals surface area contributed by atoms with Gasteiger partial charge in [0, 0.05) is 18.0 Å². The predicted molar refractivity (Wildman–Crippen MR) is 101 cm³/mol. The second kappa shape index (κ2) is 7.50. The summed E-state index contributed by atoms with van der Waals surface area (Å²) in [5, 5.41) is 12.1. The number of aliphatic hydroxyl groups is 1. The van der Waals surface area contributed by atoms with E-state index in [0.717, 1.165) is 32.1 Å². The summed E-state index contributed by atoms with van der Waals surface area (Å²) in [6, 6.07) is 2.78. The lowest BCUT2D eigenvalue weighted by molar-refractivity contribution is 0.273. The zero-order valence-electron chi connectivity index (χ0n) is 15.4. The number of benzene rings is 1. The Balaban J connectivity index is 1.73. The van der Waals surface area contributed by atoms with E-state index in [9.17, 15) is 23.5 Å². The first-order chi connectivity index (χ1) is 13.5. The molecule has 2 aliphatic rings. The van der Waals surface area contributed by atoms with E-state index in [2.05, 4.69) is 10.3 Å². The Hall–Kier alpha value is -2.48. The van der Waals surface area contributed by atoms with Crippen LogP contribution in [0.1, 0.15) is 60.9 Å². The molecule has 0 radical (unpaired) electrons. The minimum absolute atomic E-state index is 0.0574. The fraction of sp³-hybridized carbons (Fsp3) is 0.500. The summed E-state index contributed by atoms with van der Waals surface area (Å²) in [5.74, 6) is -0.464. The topological polar surface area (TPSA) is 87.1 Å². The van der Waals surface area contributed by atoms with Gasteiger partial charge < -0.3 is 10.4 Å². The average Bonchev–Trinajstić information content (AvgIpc) is 2.70. The molecular weight excluding hydrogens is 368 g/mol. The van der Waals surface area contributed by atoms with Crippen LogP contribution in [0.4, 0.5) is 14.6 Å². The second-order valence-corrected chi connectivity index (χ2v) is 7.61. The average molecular weight is 391 g/mol. The van der Waals surface area contributed by atoms with Crippen molar-refractivity contribution in [3.63, 3.8) is 0 Å². The van der Waals surface area contributed by atoms with Gasteiger partial charge in [0.25, 0.3) is 5.56 Å². The third-order valence-corrected chi connectivity index (χ3v) is 5.81. The van der Waals surface area contributed by atoms with Crippen LogP contribution in [0.25, 0.3) is 0 Å². The number of H-pyrrole nitrogens is 1. The number of nitrogens with one attached hydrogen (secondary N) is 2. The van der Waals surface area contributed by atoms with Gasteiger partial charge in [-0.1, -0.05) is 25.3 Å². The first-order valence-electron chi connectivity index (χ1n) is 9.67. The number of fused-ring (bicyclic) bond motifs is 1. The highest BCUT2D eigenvalue weighted by Crippen LogP contribution is 2.34. The fourth-order valence-electron chi connectivity index (χ4n) is 4.33. The maximum absolute atomic E-state index is 15.0.